The van der Waals surface area contributed by atoms with Crippen molar-refractivity contribution < 1.29 is 9.18 Å². The maximum absolute atomic E-state index is 13.1. The Hall–Kier alpha value is -2.74. The van der Waals surface area contributed by atoms with E-state index in [0.717, 1.165) is 34.9 Å². The quantitative estimate of drug-likeness (QED) is 0.591. The molecule has 0 aliphatic heterocycles. The number of hydrogen-bond acceptors (Lipinski definition) is 5. The highest BCUT2D eigenvalue weighted by atomic mass is 32.2. The molecule has 8 heteroatoms. The number of amides is 1. The highest BCUT2D eigenvalue weighted by molar-refractivity contribution is 8.00. The molecule has 1 amide bonds. The average molecular weight is 412 g/mol. The van der Waals surface area contributed by atoms with Crippen LogP contribution in [0.3, 0.4) is 0 Å². The molecule has 0 radical (unpaired) electrons. The molecule has 2 atom stereocenters. The summed E-state index contributed by atoms with van der Waals surface area (Å²) < 4.78 is 15.2. The van der Waals surface area contributed by atoms with Crippen LogP contribution >= 0.6 is 11.8 Å². The van der Waals surface area contributed by atoms with Gasteiger partial charge in [-0.2, -0.15) is 0 Å². The molecule has 1 aliphatic rings. The summed E-state index contributed by atoms with van der Waals surface area (Å²) in [5.41, 5.74) is 1.83. The first-order valence-electron chi connectivity index (χ1n) is 9.60. The van der Waals surface area contributed by atoms with E-state index >= 15 is 0 Å². The van der Waals surface area contributed by atoms with Gasteiger partial charge in [0.15, 0.2) is 11.0 Å². The highest BCUT2D eigenvalue weighted by Crippen LogP contribution is 2.41. The third-order valence-electron chi connectivity index (χ3n) is 4.90. The van der Waals surface area contributed by atoms with Gasteiger partial charge < -0.3 is 5.32 Å². The molecule has 2 heterocycles. The van der Waals surface area contributed by atoms with Gasteiger partial charge in [0, 0.05) is 24.0 Å². The van der Waals surface area contributed by atoms with Crippen molar-refractivity contribution >= 4 is 17.7 Å². The summed E-state index contributed by atoms with van der Waals surface area (Å²) >= 11 is 1.40. The van der Waals surface area contributed by atoms with E-state index in [2.05, 4.69) is 25.1 Å². The van der Waals surface area contributed by atoms with E-state index in [9.17, 15) is 9.18 Å². The van der Waals surface area contributed by atoms with E-state index in [1.54, 1.807) is 24.5 Å². The van der Waals surface area contributed by atoms with Crippen LogP contribution in [0.15, 0.2) is 53.9 Å². The van der Waals surface area contributed by atoms with Gasteiger partial charge >= 0.3 is 0 Å². The molecule has 2 aromatic heterocycles. The van der Waals surface area contributed by atoms with Crippen molar-refractivity contribution in [2.75, 3.05) is 0 Å². The van der Waals surface area contributed by atoms with Crippen LogP contribution in [0.5, 0.6) is 0 Å². The third-order valence-corrected chi connectivity index (χ3v) is 5.95. The fraction of sp³-hybridized carbons (Fsp3) is 0.333. The molecular weight excluding hydrogens is 389 g/mol. The number of nitrogens with one attached hydrogen (secondary N) is 1. The summed E-state index contributed by atoms with van der Waals surface area (Å²) in [5, 5.41) is 12.1. The second-order valence-electron chi connectivity index (χ2n) is 7.19. The van der Waals surface area contributed by atoms with Gasteiger partial charge in [-0.3, -0.25) is 14.3 Å². The normalized spacial score (nSPS) is 15.7. The number of thioether (sulfide) groups is 1. The summed E-state index contributed by atoms with van der Waals surface area (Å²) in [6.07, 6.45) is 5.65. The van der Waals surface area contributed by atoms with Crippen molar-refractivity contribution in [3.05, 3.63) is 60.2 Å². The Bertz CT molecular complexity index is 988. The minimum absolute atomic E-state index is 0.0948. The summed E-state index contributed by atoms with van der Waals surface area (Å²) in [5.74, 6) is 0.424. The lowest BCUT2D eigenvalue weighted by Crippen LogP contribution is -2.33. The number of benzene rings is 1. The monoisotopic (exact) mass is 411 g/mol. The smallest absolute Gasteiger partial charge is 0.233 e. The SMILES string of the molecule is C[C@H](NC(=O)[C@@H](C)Sc1nnc(-c2ccncc2)n1C1CC1)c1ccc(F)cc1. The van der Waals surface area contributed by atoms with Crippen LogP contribution in [0.1, 0.15) is 44.3 Å². The number of pyridine rings is 1. The van der Waals surface area contributed by atoms with E-state index in [-0.39, 0.29) is 23.0 Å². The fourth-order valence-electron chi connectivity index (χ4n) is 3.09. The van der Waals surface area contributed by atoms with Crippen molar-refractivity contribution in [1.82, 2.24) is 25.1 Å². The molecule has 0 unspecified atom stereocenters. The van der Waals surface area contributed by atoms with Gasteiger partial charge in [0.1, 0.15) is 5.82 Å². The van der Waals surface area contributed by atoms with Gasteiger partial charge in [-0.25, -0.2) is 4.39 Å². The van der Waals surface area contributed by atoms with Gasteiger partial charge in [-0.15, -0.1) is 10.2 Å². The van der Waals surface area contributed by atoms with Crippen LogP contribution < -0.4 is 5.32 Å². The number of halogens is 1. The highest BCUT2D eigenvalue weighted by Gasteiger charge is 2.31. The standard InChI is InChI=1S/C21H22FN5OS/c1-13(15-3-5-17(22)6-4-15)24-20(28)14(2)29-21-26-25-19(27(21)18-7-8-18)16-9-11-23-12-10-16/h3-6,9-14,18H,7-8H2,1-2H3,(H,24,28)/t13-,14+/m0/s1. The first-order chi connectivity index (χ1) is 14.0. The van der Waals surface area contributed by atoms with E-state index in [1.807, 2.05) is 26.0 Å². The molecule has 4 rings (SSSR count). The molecular formula is C21H22FN5OS. The number of hydrogen-bond donors (Lipinski definition) is 1. The van der Waals surface area contributed by atoms with Crippen LogP contribution in [0.4, 0.5) is 4.39 Å². The fourth-order valence-corrected chi connectivity index (χ4v) is 4.02. The minimum Gasteiger partial charge on any atom is -0.349 e. The molecule has 6 nitrogen and oxygen atoms in total. The Morgan fingerprint density at radius 2 is 1.83 bits per heavy atom. The van der Waals surface area contributed by atoms with Crippen molar-refractivity contribution in [3.8, 4) is 11.4 Å². The maximum atomic E-state index is 13.1. The Labute approximate surface area is 173 Å². The van der Waals surface area contributed by atoms with Crippen molar-refractivity contribution in [3.63, 3.8) is 0 Å². The molecule has 3 aromatic rings. The summed E-state index contributed by atoms with van der Waals surface area (Å²) in [6.45, 7) is 3.74. The van der Waals surface area contributed by atoms with Gasteiger partial charge in [-0.1, -0.05) is 23.9 Å². The lowest BCUT2D eigenvalue weighted by Gasteiger charge is -2.18. The van der Waals surface area contributed by atoms with Crippen LogP contribution in [-0.4, -0.2) is 30.9 Å². The zero-order valence-electron chi connectivity index (χ0n) is 16.2. The zero-order valence-corrected chi connectivity index (χ0v) is 17.1. The zero-order chi connectivity index (χ0) is 20.4. The first-order valence-corrected chi connectivity index (χ1v) is 10.5. The Balaban J connectivity index is 1.47. The Morgan fingerprint density at radius 1 is 1.14 bits per heavy atom. The Morgan fingerprint density at radius 3 is 2.48 bits per heavy atom. The van der Waals surface area contributed by atoms with E-state index in [1.165, 1.54) is 23.9 Å². The third kappa shape index (κ3) is 4.48. The Kier molecular flexibility index (Phi) is 5.62. The molecule has 1 saturated carbocycles. The second-order valence-corrected chi connectivity index (χ2v) is 8.49. The van der Waals surface area contributed by atoms with Crippen LogP contribution in [0, 0.1) is 5.82 Å². The van der Waals surface area contributed by atoms with Crippen molar-refractivity contribution in [2.45, 2.75) is 49.2 Å². The predicted octanol–water partition coefficient (Wildman–Crippen LogP) is 4.17. The second kappa shape index (κ2) is 8.32. The van der Waals surface area contributed by atoms with E-state index in [4.69, 9.17) is 0 Å². The topological polar surface area (TPSA) is 72.7 Å². The van der Waals surface area contributed by atoms with Crippen LogP contribution in [0.25, 0.3) is 11.4 Å². The molecule has 150 valence electrons. The van der Waals surface area contributed by atoms with Gasteiger partial charge in [0.25, 0.3) is 0 Å². The molecule has 0 spiro atoms. The van der Waals surface area contributed by atoms with Crippen molar-refractivity contribution in [1.29, 1.82) is 0 Å². The molecule has 1 N–H and O–H groups in total. The molecule has 1 aromatic carbocycles. The lowest BCUT2D eigenvalue weighted by molar-refractivity contribution is -0.120. The van der Waals surface area contributed by atoms with E-state index < -0.39 is 0 Å². The number of aromatic nitrogens is 4. The largest absolute Gasteiger partial charge is 0.349 e. The number of nitrogens with zero attached hydrogens (tertiary/aromatic N) is 4. The summed E-state index contributed by atoms with van der Waals surface area (Å²) in [7, 11) is 0. The average Bonchev–Trinajstić information content (AvgIpc) is 3.49. The molecule has 29 heavy (non-hydrogen) atoms. The van der Waals surface area contributed by atoms with Gasteiger partial charge in [-0.05, 0) is 56.5 Å². The first kappa shape index (κ1) is 19.6. The maximum Gasteiger partial charge on any atom is 0.233 e. The van der Waals surface area contributed by atoms with E-state index in [0.29, 0.717) is 6.04 Å². The number of rotatable bonds is 7. The molecule has 1 fully saturated rings. The molecule has 0 bridgehead atoms. The molecule has 1 aliphatic carbocycles. The summed E-state index contributed by atoms with van der Waals surface area (Å²) in [6, 6.07) is 10.2. The van der Waals surface area contributed by atoms with Crippen molar-refractivity contribution in [2.24, 2.45) is 0 Å². The van der Waals surface area contributed by atoms with Gasteiger partial charge in [0.05, 0.1) is 11.3 Å². The van der Waals surface area contributed by atoms with Crippen LogP contribution in [0.2, 0.25) is 0 Å². The minimum atomic E-state index is -0.343. The van der Waals surface area contributed by atoms with Crippen LogP contribution in [-0.2, 0) is 4.79 Å². The summed E-state index contributed by atoms with van der Waals surface area (Å²) in [4.78, 5) is 16.8. The number of carbonyl (C=O) groups is 1. The number of carbonyl (C=O) groups excluding carboxylic acids is 1. The lowest BCUT2D eigenvalue weighted by atomic mass is 10.1. The van der Waals surface area contributed by atoms with Gasteiger partial charge in [0.2, 0.25) is 5.91 Å². The molecule has 0 saturated heterocycles. The predicted molar refractivity (Wildman–Crippen MR) is 110 cm³/mol.